The van der Waals surface area contributed by atoms with Crippen molar-refractivity contribution in [2.75, 3.05) is 0 Å². The van der Waals surface area contributed by atoms with Crippen LogP contribution < -0.4 is 10.6 Å². The summed E-state index contributed by atoms with van der Waals surface area (Å²) in [6.07, 6.45) is 9.40. The molecule has 1 fully saturated rings. The minimum Gasteiger partial charge on any atom is -0.504 e. The van der Waals surface area contributed by atoms with E-state index >= 15 is 0 Å². The Morgan fingerprint density at radius 1 is 1.38 bits per heavy atom. The van der Waals surface area contributed by atoms with Crippen LogP contribution in [-0.4, -0.2) is 26.6 Å². The molecular weight excluding hydrogens is 268 g/mol. The molecule has 3 N–H and O–H groups in total. The summed E-state index contributed by atoms with van der Waals surface area (Å²) in [6.45, 7) is 0.347. The summed E-state index contributed by atoms with van der Waals surface area (Å²) in [5.74, 6) is 0.135. The van der Waals surface area contributed by atoms with Crippen molar-refractivity contribution >= 4 is 11.7 Å². The number of pyridine rings is 1. The van der Waals surface area contributed by atoms with Gasteiger partial charge in [-0.2, -0.15) is 0 Å². The van der Waals surface area contributed by atoms with Crippen LogP contribution in [-0.2, 0) is 6.54 Å². The summed E-state index contributed by atoms with van der Waals surface area (Å²) in [6, 6.07) is 3.49. The van der Waals surface area contributed by atoms with Gasteiger partial charge >= 0.3 is 6.03 Å². The average molecular weight is 288 g/mol. The van der Waals surface area contributed by atoms with Crippen molar-refractivity contribution in [2.45, 2.75) is 44.7 Å². The van der Waals surface area contributed by atoms with E-state index < -0.39 is 0 Å². The molecule has 0 bridgehead atoms. The molecule has 6 nitrogen and oxygen atoms in total. The molecule has 6 heteroatoms. The number of carbonyl (C=O) groups excluding carboxylic acids is 1. The number of hydrogen-bond acceptors (Lipinski definition) is 3. The van der Waals surface area contributed by atoms with Gasteiger partial charge in [-0.15, -0.1) is 0 Å². The van der Waals surface area contributed by atoms with Crippen LogP contribution in [0, 0.1) is 0 Å². The molecule has 0 saturated heterocycles. The second kappa shape index (κ2) is 6.03. The van der Waals surface area contributed by atoms with Gasteiger partial charge in [0.2, 0.25) is 0 Å². The van der Waals surface area contributed by atoms with Crippen LogP contribution in [0.4, 0.5) is 4.79 Å². The predicted molar refractivity (Wildman–Crippen MR) is 79.1 cm³/mol. The number of carbonyl (C=O) groups is 1. The molecule has 1 saturated carbocycles. The van der Waals surface area contributed by atoms with Crippen LogP contribution in [0.5, 0.6) is 5.75 Å². The Labute approximate surface area is 123 Å². The Kier molecular flexibility index (Phi) is 3.94. The zero-order valence-corrected chi connectivity index (χ0v) is 11.9. The van der Waals surface area contributed by atoms with Gasteiger partial charge in [-0.3, -0.25) is 0 Å². The van der Waals surface area contributed by atoms with Crippen LogP contribution in [0.1, 0.15) is 37.8 Å². The van der Waals surface area contributed by atoms with Crippen molar-refractivity contribution in [1.82, 2.24) is 20.0 Å². The normalized spacial score (nSPS) is 16.0. The van der Waals surface area contributed by atoms with E-state index in [0.717, 1.165) is 18.5 Å². The number of amides is 2. The molecule has 2 aromatic heterocycles. The van der Waals surface area contributed by atoms with E-state index in [4.69, 9.17) is 0 Å². The SMILES string of the molecule is O=C(NCc1cn2cccc(O)c2n1)NC1CCCCC1. The molecule has 3 rings (SSSR count). The lowest BCUT2D eigenvalue weighted by Crippen LogP contribution is -2.42. The third-order valence-electron chi connectivity index (χ3n) is 3.88. The number of urea groups is 1. The second-order valence-electron chi connectivity index (χ2n) is 5.52. The minimum atomic E-state index is -0.150. The van der Waals surface area contributed by atoms with Gasteiger partial charge in [0.15, 0.2) is 11.4 Å². The molecule has 0 radical (unpaired) electrons. The highest BCUT2D eigenvalue weighted by atomic mass is 16.3. The van der Waals surface area contributed by atoms with Gasteiger partial charge in [0.05, 0.1) is 12.2 Å². The van der Waals surface area contributed by atoms with Crippen molar-refractivity contribution in [3.05, 3.63) is 30.2 Å². The van der Waals surface area contributed by atoms with Crippen molar-refractivity contribution < 1.29 is 9.90 Å². The number of aromatic hydroxyl groups is 1. The molecule has 0 aliphatic heterocycles. The summed E-state index contributed by atoms with van der Waals surface area (Å²) in [7, 11) is 0. The molecule has 1 aliphatic rings. The fourth-order valence-corrected chi connectivity index (χ4v) is 2.79. The second-order valence-corrected chi connectivity index (χ2v) is 5.52. The Bertz CT molecular complexity index is 632. The topological polar surface area (TPSA) is 78.7 Å². The molecule has 21 heavy (non-hydrogen) atoms. The predicted octanol–water partition coefficient (Wildman–Crippen LogP) is 2.17. The molecular formula is C15H20N4O2. The molecule has 112 valence electrons. The molecule has 0 unspecified atom stereocenters. The number of aromatic nitrogens is 2. The fourth-order valence-electron chi connectivity index (χ4n) is 2.79. The van der Waals surface area contributed by atoms with E-state index in [1.165, 1.54) is 19.3 Å². The number of rotatable bonds is 3. The summed E-state index contributed by atoms with van der Waals surface area (Å²) >= 11 is 0. The zero-order valence-electron chi connectivity index (χ0n) is 11.9. The number of hydrogen-bond donors (Lipinski definition) is 3. The Balaban J connectivity index is 1.55. The van der Waals surface area contributed by atoms with Gasteiger partial charge in [-0.05, 0) is 25.0 Å². The summed E-state index contributed by atoms with van der Waals surface area (Å²) in [4.78, 5) is 16.2. The van der Waals surface area contributed by atoms with Crippen LogP contribution >= 0.6 is 0 Å². The number of nitrogens with one attached hydrogen (secondary N) is 2. The highest BCUT2D eigenvalue weighted by molar-refractivity contribution is 5.74. The highest BCUT2D eigenvalue weighted by Crippen LogP contribution is 2.18. The average Bonchev–Trinajstić information content (AvgIpc) is 2.91. The Morgan fingerprint density at radius 2 is 2.19 bits per heavy atom. The van der Waals surface area contributed by atoms with E-state index in [1.807, 2.05) is 6.20 Å². The first-order valence-corrected chi connectivity index (χ1v) is 7.42. The van der Waals surface area contributed by atoms with Crippen molar-refractivity contribution in [3.63, 3.8) is 0 Å². The Hall–Kier alpha value is -2.24. The van der Waals surface area contributed by atoms with Gasteiger partial charge in [0, 0.05) is 18.4 Å². The summed E-state index contributed by atoms with van der Waals surface area (Å²) < 4.78 is 1.74. The maximum Gasteiger partial charge on any atom is 0.315 e. The van der Waals surface area contributed by atoms with Crippen LogP contribution in [0.15, 0.2) is 24.5 Å². The van der Waals surface area contributed by atoms with E-state index in [1.54, 1.807) is 22.7 Å². The summed E-state index contributed by atoms with van der Waals surface area (Å²) in [5, 5.41) is 15.5. The van der Waals surface area contributed by atoms with Crippen LogP contribution in [0.25, 0.3) is 5.65 Å². The molecule has 1 aliphatic carbocycles. The van der Waals surface area contributed by atoms with Crippen molar-refractivity contribution in [2.24, 2.45) is 0 Å². The first-order valence-electron chi connectivity index (χ1n) is 7.42. The molecule has 0 atom stereocenters. The lowest BCUT2D eigenvalue weighted by Gasteiger charge is -2.22. The maximum atomic E-state index is 11.9. The zero-order chi connectivity index (χ0) is 14.7. The molecule has 2 amide bonds. The van der Waals surface area contributed by atoms with E-state index in [-0.39, 0.29) is 11.8 Å². The summed E-state index contributed by atoms with van der Waals surface area (Å²) in [5.41, 5.74) is 1.22. The lowest BCUT2D eigenvalue weighted by molar-refractivity contribution is 0.232. The molecule has 0 spiro atoms. The monoisotopic (exact) mass is 288 g/mol. The number of imidazole rings is 1. The van der Waals surface area contributed by atoms with Gasteiger partial charge in [0.1, 0.15) is 0 Å². The van der Waals surface area contributed by atoms with Crippen molar-refractivity contribution in [3.8, 4) is 5.75 Å². The molecule has 2 heterocycles. The number of nitrogens with zero attached hydrogens (tertiary/aromatic N) is 2. The quantitative estimate of drug-likeness (QED) is 0.810. The van der Waals surface area contributed by atoms with E-state index in [2.05, 4.69) is 15.6 Å². The minimum absolute atomic E-state index is 0.135. The smallest absolute Gasteiger partial charge is 0.315 e. The largest absolute Gasteiger partial charge is 0.504 e. The highest BCUT2D eigenvalue weighted by Gasteiger charge is 2.15. The van der Waals surface area contributed by atoms with Gasteiger partial charge in [-0.25, -0.2) is 9.78 Å². The van der Waals surface area contributed by atoms with E-state index in [0.29, 0.717) is 18.2 Å². The number of fused-ring (bicyclic) bond motifs is 1. The van der Waals surface area contributed by atoms with Crippen LogP contribution in [0.2, 0.25) is 0 Å². The third-order valence-corrected chi connectivity index (χ3v) is 3.88. The molecule has 0 aromatic carbocycles. The fraction of sp³-hybridized carbons (Fsp3) is 0.467. The maximum absolute atomic E-state index is 11.9. The first-order chi connectivity index (χ1) is 10.2. The standard InChI is InChI=1S/C15H20N4O2/c20-13-7-4-8-19-10-12(17-14(13)19)9-16-15(21)18-11-5-2-1-3-6-11/h4,7-8,10-11,20H,1-3,5-6,9H2,(H2,16,18,21). The lowest BCUT2D eigenvalue weighted by atomic mass is 9.96. The first kappa shape index (κ1) is 13.7. The van der Waals surface area contributed by atoms with Crippen LogP contribution in [0.3, 0.4) is 0 Å². The van der Waals surface area contributed by atoms with Gasteiger partial charge in [-0.1, -0.05) is 19.3 Å². The molecule has 2 aromatic rings. The third kappa shape index (κ3) is 3.26. The van der Waals surface area contributed by atoms with E-state index in [9.17, 15) is 9.90 Å². The van der Waals surface area contributed by atoms with Gasteiger partial charge in [0.25, 0.3) is 0 Å². The van der Waals surface area contributed by atoms with Crippen molar-refractivity contribution in [1.29, 1.82) is 0 Å². The Morgan fingerprint density at radius 3 is 2.95 bits per heavy atom. The van der Waals surface area contributed by atoms with Gasteiger partial charge < -0.3 is 20.1 Å².